The molecule has 20 heavy (non-hydrogen) atoms. The summed E-state index contributed by atoms with van der Waals surface area (Å²) in [5, 5.41) is 9.60. The van der Waals surface area contributed by atoms with Crippen molar-refractivity contribution in [3.8, 4) is 11.5 Å². The first-order valence-electron chi connectivity index (χ1n) is 6.03. The molecule has 0 unspecified atom stereocenters. The fourth-order valence-corrected chi connectivity index (χ4v) is 2.57. The minimum absolute atomic E-state index is 0.0837. The number of phenols is 1. The van der Waals surface area contributed by atoms with Gasteiger partial charge in [0.1, 0.15) is 0 Å². The molecule has 0 atom stereocenters. The van der Waals surface area contributed by atoms with E-state index < -0.39 is 0 Å². The van der Waals surface area contributed by atoms with Crippen molar-refractivity contribution in [2.24, 2.45) is 0 Å². The molecule has 0 aliphatic rings. The Balaban J connectivity index is 2.15. The van der Waals surface area contributed by atoms with Crippen LogP contribution in [0.2, 0.25) is 4.34 Å². The van der Waals surface area contributed by atoms with Gasteiger partial charge in [-0.15, -0.1) is 11.3 Å². The zero-order valence-electron chi connectivity index (χ0n) is 10.8. The summed E-state index contributed by atoms with van der Waals surface area (Å²) in [6.45, 7) is 2.30. The van der Waals surface area contributed by atoms with Crippen LogP contribution in [0.3, 0.4) is 0 Å². The number of aromatic hydroxyl groups is 1. The average Bonchev–Trinajstić information content (AvgIpc) is 2.86. The normalized spacial score (nSPS) is 10.9. The number of thiophene rings is 1. The van der Waals surface area contributed by atoms with Gasteiger partial charge in [-0.3, -0.25) is 4.79 Å². The van der Waals surface area contributed by atoms with E-state index in [9.17, 15) is 9.90 Å². The Hall–Kier alpha value is -1.78. The number of ether oxygens (including phenoxy) is 1. The average molecular weight is 309 g/mol. The van der Waals surface area contributed by atoms with Crippen molar-refractivity contribution in [2.75, 3.05) is 6.61 Å². The van der Waals surface area contributed by atoms with E-state index in [4.69, 9.17) is 16.3 Å². The summed E-state index contributed by atoms with van der Waals surface area (Å²) < 4.78 is 5.88. The van der Waals surface area contributed by atoms with Crippen LogP contribution in [-0.4, -0.2) is 17.5 Å². The molecule has 0 aliphatic heterocycles. The molecule has 0 saturated carbocycles. The van der Waals surface area contributed by atoms with E-state index in [2.05, 4.69) is 0 Å². The number of ketones is 1. The van der Waals surface area contributed by atoms with E-state index in [-0.39, 0.29) is 11.5 Å². The lowest BCUT2D eigenvalue weighted by Gasteiger charge is -2.06. The van der Waals surface area contributed by atoms with Crippen LogP contribution < -0.4 is 4.74 Å². The van der Waals surface area contributed by atoms with Crippen LogP contribution in [0.25, 0.3) is 6.08 Å². The molecule has 0 bridgehead atoms. The molecule has 0 fully saturated rings. The first-order chi connectivity index (χ1) is 9.60. The highest BCUT2D eigenvalue weighted by Gasteiger charge is 2.06. The Labute approximate surface area is 126 Å². The van der Waals surface area contributed by atoms with Crippen LogP contribution in [0.4, 0.5) is 0 Å². The number of hydrogen-bond donors (Lipinski definition) is 1. The Morgan fingerprint density at radius 2 is 2.20 bits per heavy atom. The van der Waals surface area contributed by atoms with Crippen LogP contribution >= 0.6 is 22.9 Å². The maximum atomic E-state index is 11.9. The van der Waals surface area contributed by atoms with Crippen molar-refractivity contribution < 1.29 is 14.6 Å². The van der Waals surface area contributed by atoms with Gasteiger partial charge in [0, 0.05) is 0 Å². The first kappa shape index (κ1) is 14.6. The third kappa shape index (κ3) is 3.62. The SMILES string of the molecule is CCOc1cc(/C=C/C(=O)c2ccc(Cl)s2)ccc1O. The van der Waals surface area contributed by atoms with Gasteiger partial charge in [0.25, 0.3) is 0 Å². The highest BCUT2D eigenvalue weighted by molar-refractivity contribution is 7.18. The largest absolute Gasteiger partial charge is 0.504 e. The van der Waals surface area contributed by atoms with E-state index in [1.165, 1.54) is 23.5 Å². The molecule has 104 valence electrons. The quantitative estimate of drug-likeness (QED) is 0.657. The fourth-order valence-electron chi connectivity index (χ4n) is 1.61. The molecule has 1 heterocycles. The van der Waals surface area contributed by atoms with Crippen LogP contribution in [0.5, 0.6) is 11.5 Å². The Bertz CT molecular complexity index is 646. The minimum Gasteiger partial charge on any atom is -0.504 e. The third-order valence-electron chi connectivity index (χ3n) is 2.53. The van der Waals surface area contributed by atoms with Gasteiger partial charge in [0.15, 0.2) is 17.3 Å². The molecule has 1 N–H and O–H groups in total. The minimum atomic E-state index is -0.104. The molecule has 0 radical (unpaired) electrons. The predicted molar refractivity (Wildman–Crippen MR) is 82.0 cm³/mol. The number of halogens is 1. The lowest BCUT2D eigenvalue weighted by atomic mass is 10.1. The van der Waals surface area contributed by atoms with E-state index in [1.54, 1.807) is 30.3 Å². The van der Waals surface area contributed by atoms with Gasteiger partial charge < -0.3 is 9.84 Å². The summed E-state index contributed by atoms with van der Waals surface area (Å²) in [5.41, 5.74) is 0.780. The Kier molecular flexibility index (Phi) is 4.82. The second-order valence-corrected chi connectivity index (χ2v) is 5.68. The highest BCUT2D eigenvalue weighted by atomic mass is 35.5. The fraction of sp³-hybridized carbons (Fsp3) is 0.133. The number of hydrogen-bond acceptors (Lipinski definition) is 4. The lowest BCUT2D eigenvalue weighted by molar-refractivity contribution is 0.105. The van der Waals surface area contributed by atoms with Crippen LogP contribution in [-0.2, 0) is 0 Å². The summed E-state index contributed by atoms with van der Waals surface area (Å²) in [7, 11) is 0. The summed E-state index contributed by atoms with van der Waals surface area (Å²) in [5.74, 6) is 0.384. The number of carbonyl (C=O) groups excluding carboxylic acids is 1. The maximum Gasteiger partial charge on any atom is 0.195 e. The molecule has 5 heteroatoms. The van der Waals surface area contributed by atoms with Crippen molar-refractivity contribution in [2.45, 2.75) is 6.92 Å². The van der Waals surface area contributed by atoms with Gasteiger partial charge in [-0.1, -0.05) is 23.7 Å². The monoisotopic (exact) mass is 308 g/mol. The van der Waals surface area contributed by atoms with Crippen molar-refractivity contribution in [3.05, 3.63) is 51.2 Å². The molecule has 2 aromatic rings. The highest BCUT2D eigenvalue weighted by Crippen LogP contribution is 2.27. The van der Waals surface area contributed by atoms with Gasteiger partial charge in [-0.25, -0.2) is 0 Å². The molecule has 1 aromatic heterocycles. The van der Waals surface area contributed by atoms with Crippen molar-refractivity contribution in [1.82, 2.24) is 0 Å². The number of rotatable bonds is 5. The van der Waals surface area contributed by atoms with Gasteiger partial charge in [-0.05, 0) is 42.8 Å². The van der Waals surface area contributed by atoms with E-state index in [0.29, 0.717) is 21.6 Å². The standard InChI is InChI=1S/C15H13ClO3S/c1-2-19-13-9-10(3-5-11(13)17)4-6-12(18)14-7-8-15(16)20-14/h3-9,17H,2H2,1H3/b6-4+. The topological polar surface area (TPSA) is 46.5 Å². The zero-order chi connectivity index (χ0) is 14.5. The lowest BCUT2D eigenvalue weighted by Crippen LogP contribution is -1.92. The van der Waals surface area contributed by atoms with Gasteiger partial charge in [0.2, 0.25) is 0 Å². The van der Waals surface area contributed by atoms with Gasteiger partial charge in [0.05, 0.1) is 15.8 Å². The number of allylic oxidation sites excluding steroid dienone is 1. The summed E-state index contributed by atoms with van der Waals surface area (Å²) in [4.78, 5) is 12.5. The molecule has 0 saturated heterocycles. The molecule has 3 nitrogen and oxygen atoms in total. The van der Waals surface area contributed by atoms with Gasteiger partial charge in [-0.2, -0.15) is 0 Å². The summed E-state index contributed by atoms with van der Waals surface area (Å²) >= 11 is 7.04. The van der Waals surface area contributed by atoms with Crippen LogP contribution in [0.15, 0.2) is 36.4 Å². The Morgan fingerprint density at radius 1 is 1.40 bits per heavy atom. The Morgan fingerprint density at radius 3 is 2.85 bits per heavy atom. The first-order valence-corrected chi connectivity index (χ1v) is 7.23. The van der Waals surface area contributed by atoms with E-state index >= 15 is 0 Å². The van der Waals surface area contributed by atoms with Gasteiger partial charge >= 0.3 is 0 Å². The van der Waals surface area contributed by atoms with E-state index in [1.807, 2.05) is 6.92 Å². The molecular weight excluding hydrogens is 296 g/mol. The van der Waals surface area contributed by atoms with Crippen molar-refractivity contribution in [3.63, 3.8) is 0 Å². The molecule has 1 aromatic carbocycles. The second kappa shape index (κ2) is 6.59. The molecule has 0 aliphatic carbocycles. The van der Waals surface area contributed by atoms with Crippen molar-refractivity contribution >= 4 is 34.8 Å². The van der Waals surface area contributed by atoms with Crippen molar-refractivity contribution in [1.29, 1.82) is 0 Å². The molecule has 0 amide bonds. The molecule has 0 spiro atoms. The third-order valence-corrected chi connectivity index (χ3v) is 3.77. The molecule has 2 rings (SSSR count). The van der Waals surface area contributed by atoms with Crippen LogP contribution in [0, 0.1) is 0 Å². The summed E-state index contributed by atoms with van der Waals surface area (Å²) in [6.07, 6.45) is 3.15. The summed E-state index contributed by atoms with van der Waals surface area (Å²) in [6, 6.07) is 8.33. The molecular formula is C15H13ClO3S. The second-order valence-electron chi connectivity index (χ2n) is 3.96. The number of phenolic OH excluding ortho intramolecular Hbond substituents is 1. The van der Waals surface area contributed by atoms with E-state index in [0.717, 1.165) is 5.56 Å². The number of benzene rings is 1. The number of carbonyl (C=O) groups is 1. The smallest absolute Gasteiger partial charge is 0.195 e. The predicted octanol–water partition coefficient (Wildman–Crippen LogP) is 4.40. The zero-order valence-corrected chi connectivity index (χ0v) is 12.4. The maximum absolute atomic E-state index is 11.9. The van der Waals surface area contributed by atoms with Crippen LogP contribution in [0.1, 0.15) is 22.2 Å².